The van der Waals surface area contributed by atoms with Crippen LogP contribution in [0.3, 0.4) is 0 Å². The van der Waals surface area contributed by atoms with E-state index in [0.29, 0.717) is 23.7 Å². The molecule has 0 aromatic heterocycles. The number of hydrogen-bond donors (Lipinski definition) is 2. The summed E-state index contributed by atoms with van der Waals surface area (Å²) in [6.07, 6.45) is 1.24. The average molecular weight is 342 g/mol. The van der Waals surface area contributed by atoms with E-state index in [-0.39, 0.29) is 17.7 Å². The quantitative estimate of drug-likeness (QED) is 0.810. The molecule has 1 aromatic carbocycles. The fraction of sp³-hybridized carbons (Fsp3) is 0.500. The lowest BCUT2D eigenvalue weighted by molar-refractivity contribution is -0.149. The standard InChI is InChI=1S/C16H20ClNO3S/c1-10(9-22)15(19)18-8-12(7-14(18)16(20)21)6-11-2-4-13(17)5-3-11/h2-5,10,12,14,22H,6-9H2,1H3,(H,20,21)/t10?,12?,14-/m0/s1. The van der Waals surface area contributed by atoms with Crippen molar-refractivity contribution in [2.75, 3.05) is 12.3 Å². The van der Waals surface area contributed by atoms with Gasteiger partial charge in [-0.3, -0.25) is 4.79 Å². The van der Waals surface area contributed by atoms with E-state index < -0.39 is 12.0 Å². The molecule has 1 amide bonds. The molecule has 2 unspecified atom stereocenters. The molecule has 1 fully saturated rings. The van der Waals surface area contributed by atoms with E-state index in [9.17, 15) is 14.7 Å². The van der Waals surface area contributed by atoms with E-state index >= 15 is 0 Å². The van der Waals surface area contributed by atoms with Gasteiger partial charge in [-0.1, -0.05) is 30.7 Å². The van der Waals surface area contributed by atoms with Gasteiger partial charge in [-0.05, 0) is 36.5 Å². The summed E-state index contributed by atoms with van der Waals surface area (Å²) < 4.78 is 0. The van der Waals surface area contributed by atoms with Crippen LogP contribution in [0, 0.1) is 11.8 Å². The number of aliphatic carboxylic acids is 1. The molecule has 120 valence electrons. The number of nitrogens with zero attached hydrogens (tertiary/aromatic N) is 1. The summed E-state index contributed by atoms with van der Waals surface area (Å²) in [4.78, 5) is 25.3. The maximum atomic E-state index is 12.3. The second-order valence-electron chi connectivity index (χ2n) is 5.86. The van der Waals surface area contributed by atoms with Gasteiger partial charge in [-0.15, -0.1) is 0 Å². The van der Waals surface area contributed by atoms with Gasteiger partial charge in [0.25, 0.3) is 0 Å². The molecule has 2 rings (SSSR count). The van der Waals surface area contributed by atoms with E-state index in [1.165, 1.54) is 4.90 Å². The van der Waals surface area contributed by atoms with Crippen LogP contribution in [0.5, 0.6) is 0 Å². The number of halogens is 1. The van der Waals surface area contributed by atoms with Crippen molar-refractivity contribution in [3.63, 3.8) is 0 Å². The molecule has 1 saturated heterocycles. The van der Waals surface area contributed by atoms with E-state index in [1.807, 2.05) is 24.3 Å². The maximum absolute atomic E-state index is 12.3. The minimum atomic E-state index is -0.932. The summed E-state index contributed by atoms with van der Waals surface area (Å²) in [5.41, 5.74) is 1.11. The second-order valence-corrected chi connectivity index (χ2v) is 6.66. The molecule has 22 heavy (non-hydrogen) atoms. The highest BCUT2D eigenvalue weighted by Gasteiger charge is 2.40. The van der Waals surface area contributed by atoms with Crippen molar-refractivity contribution >= 4 is 36.1 Å². The van der Waals surface area contributed by atoms with Crippen molar-refractivity contribution in [3.05, 3.63) is 34.9 Å². The molecule has 6 heteroatoms. The lowest BCUT2D eigenvalue weighted by Crippen LogP contribution is -2.43. The molecule has 0 spiro atoms. The highest BCUT2D eigenvalue weighted by molar-refractivity contribution is 7.80. The summed E-state index contributed by atoms with van der Waals surface area (Å²) >= 11 is 10.0. The molecule has 1 N–H and O–H groups in total. The number of benzene rings is 1. The Bertz CT molecular complexity index is 549. The number of carbonyl (C=O) groups excluding carboxylic acids is 1. The normalized spacial score (nSPS) is 22.6. The van der Waals surface area contributed by atoms with E-state index in [4.69, 9.17) is 11.6 Å². The van der Waals surface area contributed by atoms with Gasteiger partial charge in [0.05, 0.1) is 0 Å². The Morgan fingerprint density at radius 3 is 2.59 bits per heavy atom. The molecule has 1 aliphatic rings. The zero-order valence-electron chi connectivity index (χ0n) is 12.4. The Kier molecular flexibility index (Phi) is 5.75. The van der Waals surface area contributed by atoms with Crippen LogP contribution in [-0.4, -0.2) is 40.2 Å². The molecular formula is C16H20ClNO3S. The number of thiol groups is 1. The summed E-state index contributed by atoms with van der Waals surface area (Å²) in [5.74, 6) is -0.749. The van der Waals surface area contributed by atoms with Crippen molar-refractivity contribution in [1.82, 2.24) is 4.90 Å². The molecule has 0 radical (unpaired) electrons. The SMILES string of the molecule is CC(CS)C(=O)N1CC(Cc2ccc(Cl)cc2)C[C@H]1C(=O)O. The topological polar surface area (TPSA) is 57.6 Å². The van der Waals surface area contributed by atoms with Crippen LogP contribution in [0.2, 0.25) is 5.02 Å². The van der Waals surface area contributed by atoms with Crippen molar-refractivity contribution in [2.24, 2.45) is 11.8 Å². The molecule has 0 bridgehead atoms. The van der Waals surface area contributed by atoms with E-state index in [2.05, 4.69) is 12.6 Å². The first-order valence-corrected chi connectivity index (χ1v) is 8.32. The number of carboxylic acid groups (broad SMARTS) is 1. The summed E-state index contributed by atoms with van der Waals surface area (Å²) in [5, 5.41) is 10.1. The Morgan fingerprint density at radius 1 is 1.41 bits per heavy atom. The van der Waals surface area contributed by atoms with Gasteiger partial charge in [0.2, 0.25) is 5.91 Å². The molecular weight excluding hydrogens is 322 g/mol. The van der Waals surface area contributed by atoms with Gasteiger partial charge in [0.15, 0.2) is 0 Å². The fourth-order valence-corrected chi connectivity index (χ4v) is 3.15. The summed E-state index contributed by atoms with van der Waals surface area (Å²) in [6.45, 7) is 2.26. The van der Waals surface area contributed by atoms with Crippen LogP contribution < -0.4 is 0 Å². The predicted molar refractivity (Wildman–Crippen MR) is 89.4 cm³/mol. The Hall–Kier alpha value is -1.20. The molecule has 1 aliphatic heterocycles. The third-order valence-corrected chi connectivity index (χ3v) is 4.89. The Balaban J connectivity index is 2.08. The monoisotopic (exact) mass is 341 g/mol. The van der Waals surface area contributed by atoms with Crippen molar-refractivity contribution in [1.29, 1.82) is 0 Å². The fourth-order valence-electron chi connectivity index (χ4n) is 2.86. The van der Waals surface area contributed by atoms with Gasteiger partial charge in [-0.2, -0.15) is 12.6 Å². The highest BCUT2D eigenvalue weighted by atomic mass is 35.5. The minimum absolute atomic E-state index is 0.124. The Morgan fingerprint density at radius 2 is 2.05 bits per heavy atom. The molecule has 1 heterocycles. The van der Waals surface area contributed by atoms with Crippen molar-refractivity contribution in [3.8, 4) is 0 Å². The first-order chi connectivity index (χ1) is 10.4. The number of carboxylic acids is 1. The van der Waals surface area contributed by atoms with Crippen LogP contribution in [0.1, 0.15) is 18.9 Å². The van der Waals surface area contributed by atoms with E-state index in [1.54, 1.807) is 6.92 Å². The molecule has 1 aromatic rings. The lowest BCUT2D eigenvalue weighted by Gasteiger charge is -2.24. The minimum Gasteiger partial charge on any atom is -0.480 e. The van der Waals surface area contributed by atoms with Crippen LogP contribution in [-0.2, 0) is 16.0 Å². The van der Waals surface area contributed by atoms with Gasteiger partial charge in [0.1, 0.15) is 6.04 Å². The van der Waals surface area contributed by atoms with Gasteiger partial charge < -0.3 is 10.0 Å². The lowest BCUT2D eigenvalue weighted by atomic mass is 9.97. The number of amides is 1. The molecule has 4 nitrogen and oxygen atoms in total. The smallest absolute Gasteiger partial charge is 0.326 e. The number of carbonyl (C=O) groups is 2. The van der Waals surface area contributed by atoms with Gasteiger partial charge in [-0.25, -0.2) is 4.79 Å². The van der Waals surface area contributed by atoms with Crippen molar-refractivity contribution < 1.29 is 14.7 Å². The first-order valence-electron chi connectivity index (χ1n) is 7.31. The summed E-state index contributed by atoms with van der Waals surface area (Å²) in [6, 6.07) is 6.81. The molecule has 0 aliphatic carbocycles. The number of hydrogen-bond acceptors (Lipinski definition) is 3. The molecule has 0 saturated carbocycles. The molecule has 3 atom stereocenters. The van der Waals surface area contributed by atoms with E-state index in [0.717, 1.165) is 12.0 Å². The average Bonchev–Trinajstić information content (AvgIpc) is 2.92. The first kappa shape index (κ1) is 17.2. The van der Waals surface area contributed by atoms with Crippen LogP contribution in [0.25, 0.3) is 0 Å². The van der Waals surface area contributed by atoms with Gasteiger partial charge >= 0.3 is 5.97 Å². The second kappa shape index (κ2) is 7.38. The van der Waals surface area contributed by atoms with Crippen molar-refractivity contribution in [2.45, 2.75) is 25.8 Å². The summed E-state index contributed by atoms with van der Waals surface area (Å²) in [7, 11) is 0. The third-order valence-electron chi connectivity index (χ3n) is 4.09. The van der Waals surface area contributed by atoms with Crippen LogP contribution in [0.15, 0.2) is 24.3 Å². The third kappa shape index (κ3) is 3.96. The largest absolute Gasteiger partial charge is 0.480 e. The predicted octanol–water partition coefficient (Wildman–Crippen LogP) is 2.75. The maximum Gasteiger partial charge on any atom is 0.326 e. The highest BCUT2D eigenvalue weighted by Crippen LogP contribution is 2.28. The van der Waals surface area contributed by atoms with Crippen LogP contribution >= 0.6 is 24.2 Å². The number of rotatable bonds is 5. The zero-order valence-corrected chi connectivity index (χ0v) is 14.1. The zero-order chi connectivity index (χ0) is 16.3. The Labute approximate surface area is 140 Å². The van der Waals surface area contributed by atoms with Crippen LogP contribution in [0.4, 0.5) is 0 Å². The van der Waals surface area contributed by atoms with Gasteiger partial charge in [0, 0.05) is 23.2 Å². The number of likely N-dealkylation sites (tertiary alicyclic amines) is 1.